The summed E-state index contributed by atoms with van der Waals surface area (Å²) >= 11 is 1.62. The van der Waals surface area contributed by atoms with Crippen LogP contribution in [0.2, 0.25) is 0 Å². The van der Waals surface area contributed by atoms with Crippen LogP contribution in [0.5, 0.6) is 0 Å². The van der Waals surface area contributed by atoms with Gasteiger partial charge in [0.1, 0.15) is 0 Å². The number of carbonyl (C=O) groups excluding carboxylic acids is 1. The molecule has 0 bridgehead atoms. The molecule has 2 atom stereocenters. The van der Waals surface area contributed by atoms with Crippen molar-refractivity contribution in [2.24, 2.45) is 11.8 Å². The van der Waals surface area contributed by atoms with Gasteiger partial charge in [0.05, 0.1) is 11.4 Å². The van der Waals surface area contributed by atoms with Gasteiger partial charge in [0.25, 0.3) is 0 Å². The molecule has 3 nitrogen and oxygen atoms in total. The summed E-state index contributed by atoms with van der Waals surface area (Å²) in [4.78, 5) is 12.7. The van der Waals surface area contributed by atoms with Crippen molar-refractivity contribution in [3.05, 3.63) is 18.2 Å². The van der Waals surface area contributed by atoms with Gasteiger partial charge in [-0.25, -0.2) is 0 Å². The number of anilines is 2. The van der Waals surface area contributed by atoms with E-state index < -0.39 is 0 Å². The highest BCUT2D eigenvalue weighted by atomic mass is 32.2. The van der Waals surface area contributed by atoms with Crippen molar-refractivity contribution in [3.8, 4) is 0 Å². The molecule has 1 amide bonds. The average Bonchev–Trinajstić information content (AvgIpc) is 2.47. The number of hydrogen-bond donors (Lipinski definition) is 2. The fraction of sp³-hybridized carbons (Fsp3) is 0.588. The van der Waals surface area contributed by atoms with Crippen molar-refractivity contribution in [2.45, 2.75) is 50.5 Å². The molecule has 1 heterocycles. The van der Waals surface area contributed by atoms with Crippen LogP contribution in [0.1, 0.15) is 39.5 Å². The highest BCUT2D eigenvalue weighted by Gasteiger charge is 2.27. The van der Waals surface area contributed by atoms with Crippen LogP contribution in [0.4, 0.5) is 11.4 Å². The van der Waals surface area contributed by atoms with E-state index in [1.807, 2.05) is 0 Å². The largest absolute Gasteiger partial charge is 0.382 e. The van der Waals surface area contributed by atoms with Crippen LogP contribution in [0, 0.1) is 11.8 Å². The number of rotatable bonds is 3. The monoisotopic (exact) mass is 304 g/mol. The van der Waals surface area contributed by atoms with Gasteiger partial charge < -0.3 is 10.6 Å². The third kappa shape index (κ3) is 3.37. The average molecular weight is 304 g/mol. The van der Waals surface area contributed by atoms with E-state index in [2.05, 4.69) is 42.7 Å². The standard InChI is InChI=1S/C17H24N2OS/c1-11(2)13-5-3-4-6-14(13)18-12-7-8-16-15(9-12)19-17(20)10-21-16/h7-9,11,13-14,18H,3-6,10H2,1-2H3,(H,19,20). The quantitative estimate of drug-likeness (QED) is 0.872. The van der Waals surface area contributed by atoms with Gasteiger partial charge in [-0.05, 0) is 42.9 Å². The first-order valence-corrected chi connectivity index (χ1v) is 8.95. The molecule has 1 aromatic rings. The van der Waals surface area contributed by atoms with E-state index in [1.54, 1.807) is 11.8 Å². The van der Waals surface area contributed by atoms with Gasteiger partial charge in [-0.3, -0.25) is 4.79 Å². The summed E-state index contributed by atoms with van der Waals surface area (Å²) in [6.07, 6.45) is 5.25. The Labute approximate surface area is 131 Å². The molecule has 0 spiro atoms. The zero-order chi connectivity index (χ0) is 14.8. The highest BCUT2D eigenvalue weighted by Crippen LogP contribution is 2.36. The Morgan fingerprint density at radius 1 is 1.29 bits per heavy atom. The smallest absolute Gasteiger partial charge is 0.234 e. The molecule has 0 aromatic heterocycles. The second-order valence-corrected chi connectivity index (χ2v) is 7.51. The Balaban J connectivity index is 1.75. The van der Waals surface area contributed by atoms with Crippen molar-refractivity contribution < 1.29 is 4.79 Å². The lowest BCUT2D eigenvalue weighted by Gasteiger charge is -2.35. The van der Waals surface area contributed by atoms with Gasteiger partial charge in [-0.2, -0.15) is 0 Å². The van der Waals surface area contributed by atoms with Gasteiger partial charge >= 0.3 is 0 Å². The number of nitrogens with one attached hydrogen (secondary N) is 2. The fourth-order valence-electron chi connectivity index (χ4n) is 3.52. The molecule has 2 aliphatic rings. The lowest BCUT2D eigenvalue weighted by atomic mass is 9.78. The summed E-state index contributed by atoms with van der Waals surface area (Å²) in [7, 11) is 0. The number of benzene rings is 1. The Bertz CT molecular complexity index is 530. The second kappa shape index (κ2) is 6.30. The Morgan fingerprint density at radius 2 is 2.10 bits per heavy atom. The van der Waals surface area contributed by atoms with Crippen molar-refractivity contribution in [1.82, 2.24) is 0 Å². The Morgan fingerprint density at radius 3 is 2.90 bits per heavy atom. The van der Waals surface area contributed by atoms with E-state index in [-0.39, 0.29) is 5.91 Å². The third-order valence-corrected chi connectivity index (χ3v) is 5.71. The summed E-state index contributed by atoms with van der Waals surface area (Å²) in [5, 5.41) is 6.69. The first-order valence-electron chi connectivity index (χ1n) is 7.97. The number of fused-ring (bicyclic) bond motifs is 1. The number of hydrogen-bond acceptors (Lipinski definition) is 3. The van der Waals surface area contributed by atoms with E-state index in [1.165, 1.54) is 30.6 Å². The maximum absolute atomic E-state index is 11.5. The number of thioether (sulfide) groups is 1. The molecule has 0 radical (unpaired) electrons. The molecule has 1 aliphatic carbocycles. The van der Waals surface area contributed by atoms with Crippen molar-refractivity contribution >= 4 is 29.0 Å². The van der Waals surface area contributed by atoms with Crippen LogP contribution >= 0.6 is 11.8 Å². The minimum absolute atomic E-state index is 0.0994. The second-order valence-electron chi connectivity index (χ2n) is 6.49. The molecule has 1 saturated carbocycles. The minimum atomic E-state index is 0.0994. The zero-order valence-corrected chi connectivity index (χ0v) is 13.6. The zero-order valence-electron chi connectivity index (χ0n) is 12.8. The maximum atomic E-state index is 11.5. The lowest BCUT2D eigenvalue weighted by molar-refractivity contribution is -0.113. The van der Waals surface area contributed by atoms with Gasteiger partial charge in [-0.1, -0.05) is 26.7 Å². The molecular weight excluding hydrogens is 280 g/mol. The molecule has 3 rings (SSSR count). The van der Waals surface area contributed by atoms with Crippen LogP contribution in [0.25, 0.3) is 0 Å². The molecule has 21 heavy (non-hydrogen) atoms. The van der Waals surface area contributed by atoms with Gasteiger partial charge in [0.2, 0.25) is 5.91 Å². The van der Waals surface area contributed by atoms with Crippen molar-refractivity contribution in [2.75, 3.05) is 16.4 Å². The predicted octanol–water partition coefficient (Wildman–Crippen LogP) is 4.36. The molecule has 114 valence electrons. The minimum Gasteiger partial charge on any atom is -0.382 e. The third-order valence-electron chi connectivity index (χ3n) is 4.64. The van der Waals surface area contributed by atoms with Crippen LogP contribution in [0.3, 0.4) is 0 Å². The fourth-order valence-corrected chi connectivity index (χ4v) is 4.31. The SMILES string of the molecule is CC(C)C1CCCCC1Nc1ccc2c(c1)NC(=O)CS2. The van der Waals surface area contributed by atoms with Crippen LogP contribution in [-0.4, -0.2) is 17.7 Å². The lowest BCUT2D eigenvalue weighted by Crippen LogP contribution is -2.35. The molecule has 4 heteroatoms. The molecule has 1 aromatic carbocycles. The maximum Gasteiger partial charge on any atom is 0.234 e. The predicted molar refractivity (Wildman–Crippen MR) is 90.0 cm³/mol. The van der Waals surface area contributed by atoms with Gasteiger partial charge in [0.15, 0.2) is 0 Å². The summed E-state index contributed by atoms with van der Waals surface area (Å²) in [6, 6.07) is 6.92. The molecule has 1 fully saturated rings. The van der Waals surface area contributed by atoms with E-state index in [4.69, 9.17) is 0 Å². The first kappa shape index (κ1) is 14.8. The van der Waals surface area contributed by atoms with E-state index >= 15 is 0 Å². The van der Waals surface area contributed by atoms with E-state index in [0.29, 0.717) is 11.8 Å². The van der Waals surface area contributed by atoms with Crippen LogP contribution in [-0.2, 0) is 4.79 Å². The summed E-state index contributed by atoms with van der Waals surface area (Å²) in [6.45, 7) is 4.66. The van der Waals surface area contributed by atoms with Gasteiger partial charge in [-0.15, -0.1) is 11.8 Å². The van der Waals surface area contributed by atoms with Crippen LogP contribution in [0.15, 0.2) is 23.1 Å². The van der Waals surface area contributed by atoms with E-state index in [9.17, 15) is 4.79 Å². The van der Waals surface area contributed by atoms with Crippen molar-refractivity contribution in [3.63, 3.8) is 0 Å². The van der Waals surface area contributed by atoms with E-state index in [0.717, 1.165) is 23.2 Å². The topological polar surface area (TPSA) is 41.1 Å². The summed E-state index contributed by atoms with van der Waals surface area (Å²) in [5.74, 6) is 2.09. The molecule has 1 aliphatic heterocycles. The highest BCUT2D eigenvalue weighted by molar-refractivity contribution is 8.00. The molecular formula is C17H24N2OS. The Hall–Kier alpha value is -1.16. The summed E-state index contributed by atoms with van der Waals surface area (Å²) in [5.41, 5.74) is 2.09. The normalized spacial score (nSPS) is 25.4. The van der Waals surface area contributed by atoms with Crippen LogP contribution < -0.4 is 10.6 Å². The molecule has 2 unspecified atom stereocenters. The Kier molecular flexibility index (Phi) is 4.43. The molecule has 0 saturated heterocycles. The molecule has 2 N–H and O–H groups in total. The first-order chi connectivity index (χ1) is 10.1. The van der Waals surface area contributed by atoms with Gasteiger partial charge in [0, 0.05) is 16.6 Å². The van der Waals surface area contributed by atoms with Crippen molar-refractivity contribution in [1.29, 1.82) is 0 Å². The number of carbonyl (C=O) groups is 1. The number of amides is 1. The summed E-state index contributed by atoms with van der Waals surface area (Å²) < 4.78 is 0.